The molecule has 0 saturated carbocycles. The van der Waals surface area contributed by atoms with Gasteiger partial charge in [-0.3, -0.25) is 9.80 Å². The number of fused-ring (bicyclic) bond motifs is 2. The molecule has 2 aliphatic heterocycles. The number of rotatable bonds is 4. The van der Waals surface area contributed by atoms with Gasteiger partial charge in [0.05, 0.1) is 5.75 Å². The van der Waals surface area contributed by atoms with Gasteiger partial charge in [-0.1, -0.05) is 0 Å². The second-order valence-electron chi connectivity index (χ2n) is 5.80. The molecule has 0 amide bonds. The lowest BCUT2D eigenvalue weighted by Crippen LogP contribution is -2.56. The monoisotopic (exact) mass is 260 g/mol. The minimum atomic E-state index is -2.83. The van der Waals surface area contributed by atoms with Gasteiger partial charge in [0.2, 0.25) is 0 Å². The van der Waals surface area contributed by atoms with Crippen molar-refractivity contribution in [2.45, 2.75) is 44.8 Å². The van der Waals surface area contributed by atoms with Gasteiger partial charge in [0.25, 0.3) is 0 Å². The largest absolute Gasteiger partial charge is 0.298 e. The summed E-state index contributed by atoms with van der Waals surface area (Å²) in [4.78, 5) is 4.96. The zero-order valence-electron chi connectivity index (χ0n) is 11.1. The third-order valence-corrected chi connectivity index (χ3v) is 5.04. The molecule has 0 N–H and O–H groups in total. The summed E-state index contributed by atoms with van der Waals surface area (Å²) >= 11 is 0. The molecule has 4 nitrogen and oxygen atoms in total. The Labute approximate surface area is 105 Å². The van der Waals surface area contributed by atoms with Gasteiger partial charge in [0, 0.05) is 44.0 Å². The Morgan fingerprint density at radius 2 is 1.71 bits per heavy atom. The zero-order valence-corrected chi connectivity index (χ0v) is 11.9. The van der Waals surface area contributed by atoms with Crippen LogP contribution in [0.25, 0.3) is 0 Å². The van der Waals surface area contributed by atoms with E-state index < -0.39 is 9.84 Å². The van der Waals surface area contributed by atoms with Crippen LogP contribution in [0.1, 0.15) is 26.7 Å². The maximum Gasteiger partial charge on any atom is 0.148 e. The van der Waals surface area contributed by atoms with Crippen LogP contribution in [0.2, 0.25) is 0 Å². The first-order valence-electron chi connectivity index (χ1n) is 6.54. The fraction of sp³-hybridized carbons (Fsp3) is 1.00. The fourth-order valence-corrected chi connectivity index (χ4v) is 3.62. The predicted octanol–water partition coefficient (Wildman–Crippen LogP) is 0.588. The molecular weight excluding hydrogens is 236 g/mol. The van der Waals surface area contributed by atoms with Gasteiger partial charge in [-0.2, -0.15) is 0 Å². The van der Waals surface area contributed by atoms with Crippen molar-refractivity contribution in [3.8, 4) is 0 Å². The van der Waals surface area contributed by atoms with Crippen LogP contribution >= 0.6 is 0 Å². The quantitative estimate of drug-likeness (QED) is 0.742. The number of sulfone groups is 1. The first kappa shape index (κ1) is 13.3. The average Bonchev–Trinajstić information content (AvgIpc) is 2.44. The standard InChI is InChI=1S/C12H24N2O2S/c1-10(2)13-8-11-4-5-12(9-13)14(11)6-7-17(3,15)16/h10-12H,4-9H2,1-3H3. The molecule has 2 saturated heterocycles. The molecule has 0 aromatic heterocycles. The molecule has 2 heterocycles. The minimum Gasteiger partial charge on any atom is -0.298 e. The minimum absolute atomic E-state index is 0.307. The Hall–Kier alpha value is -0.130. The topological polar surface area (TPSA) is 40.6 Å². The second-order valence-corrected chi connectivity index (χ2v) is 8.06. The summed E-state index contributed by atoms with van der Waals surface area (Å²) in [6, 6.07) is 1.77. The molecule has 0 spiro atoms. The van der Waals surface area contributed by atoms with Gasteiger partial charge in [-0.05, 0) is 26.7 Å². The van der Waals surface area contributed by atoms with E-state index in [4.69, 9.17) is 0 Å². The summed E-state index contributed by atoms with van der Waals surface area (Å²) < 4.78 is 22.5. The van der Waals surface area contributed by atoms with E-state index in [2.05, 4.69) is 23.6 Å². The SMILES string of the molecule is CC(C)N1CC2CCC(C1)N2CCS(C)(=O)=O. The van der Waals surface area contributed by atoms with Crippen LogP contribution in [0.4, 0.5) is 0 Å². The van der Waals surface area contributed by atoms with Crippen molar-refractivity contribution in [1.29, 1.82) is 0 Å². The van der Waals surface area contributed by atoms with E-state index in [0.717, 1.165) is 19.6 Å². The van der Waals surface area contributed by atoms with Crippen molar-refractivity contribution in [2.75, 3.05) is 31.6 Å². The Morgan fingerprint density at radius 1 is 1.18 bits per heavy atom. The Bertz CT molecular complexity index is 353. The van der Waals surface area contributed by atoms with Crippen molar-refractivity contribution in [1.82, 2.24) is 9.80 Å². The fourth-order valence-electron chi connectivity index (χ4n) is 3.08. The highest BCUT2D eigenvalue weighted by Crippen LogP contribution is 2.30. The maximum absolute atomic E-state index is 11.2. The molecule has 0 radical (unpaired) electrons. The Kier molecular flexibility index (Phi) is 3.80. The molecule has 0 aromatic carbocycles. The molecule has 0 aliphatic carbocycles. The maximum atomic E-state index is 11.2. The lowest BCUT2D eigenvalue weighted by Gasteiger charge is -2.42. The van der Waals surface area contributed by atoms with E-state index in [1.807, 2.05) is 0 Å². The number of likely N-dealkylation sites (tertiary alicyclic amines) is 1. The summed E-state index contributed by atoms with van der Waals surface area (Å²) in [6.45, 7) is 7.42. The highest BCUT2D eigenvalue weighted by Gasteiger charge is 2.40. The molecule has 0 aromatic rings. The summed E-state index contributed by atoms with van der Waals surface area (Å²) in [5.74, 6) is 0.307. The molecule has 5 heteroatoms. The number of piperazine rings is 1. The summed E-state index contributed by atoms with van der Waals surface area (Å²) in [7, 11) is -2.83. The van der Waals surface area contributed by atoms with Crippen molar-refractivity contribution in [2.24, 2.45) is 0 Å². The van der Waals surface area contributed by atoms with Crippen LogP contribution in [0.15, 0.2) is 0 Å². The zero-order chi connectivity index (χ0) is 12.6. The van der Waals surface area contributed by atoms with Gasteiger partial charge >= 0.3 is 0 Å². The van der Waals surface area contributed by atoms with Crippen molar-refractivity contribution in [3.05, 3.63) is 0 Å². The molecule has 2 bridgehead atoms. The summed E-state index contributed by atoms with van der Waals surface area (Å²) in [5.41, 5.74) is 0. The average molecular weight is 260 g/mol. The van der Waals surface area contributed by atoms with E-state index >= 15 is 0 Å². The molecule has 17 heavy (non-hydrogen) atoms. The Morgan fingerprint density at radius 3 is 2.12 bits per heavy atom. The van der Waals surface area contributed by atoms with E-state index in [1.165, 1.54) is 19.1 Å². The molecule has 2 aliphatic rings. The van der Waals surface area contributed by atoms with E-state index in [9.17, 15) is 8.42 Å². The normalized spacial score (nSPS) is 31.3. The van der Waals surface area contributed by atoms with E-state index in [-0.39, 0.29) is 0 Å². The van der Waals surface area contributed by atoms with Crippen LogP contribution in [0, 0.1) is 0 Å². The molecule has 2 atom stereocenters. The van der Waals surface area contributed by atoms with Crippen molar-refractivity contribution in [3.63, 3.8) is 0 Å². The molecule has 2 rings (SSSR count). The molecule has 2 unspecified atom stereocenters. The Balaban J connectivity index is 1.95. The van der Waals surface area contributed by atoms with Crippen LogP contribution in [-0.2, 0) is 9.84 Å². The van der Waals surface area contributed by atoms with Crippen molar-refractivity contribution >= 4 is 9.84 Å². The van der Waals surface area contributed by atoms with Gasteiger partial charge in [-0.25, -0.2) is 8.42 Å². The first-order valence-corrected chi connectivity index (χ1v) is 8.60. The van der Waals surface area contributed by atoms with Crippen LogP contribution in [0.3, 0.4) is 0 Å². The van der Waals surface area contributed by atoms with Gasteiger partial charge in [-0.15, -0.1) is 0 Å². The number of hydrogen-bond donors (Lipinski definition) is 0. The smallest absolute Gasteiger partial charge is 0.148 e. The van der Waals surface area contributed by atoms with Gasteiger partial charge in [0.15, 0.2) is 0 Å². The molecule has 2 fully saturated rings. The summed E-state index contributed by atoms with van der Waals surface area (Å²) in [6.07, 6.45) is 3.80. The van der Waals surface area contributed by atoms with Crippen LogP contribution in [0.5, 0.6) is 0 Å². The number of hydrogen-bond acceptors (Lipinski definition) is 4. The van der Waals surface area contributed by atoms with Gasteiger partial charge < -0.3 is 0 Å². The van der Waals surface area contributed by atoms with Crippen molar-refractivity contribution < 1.29 is 8.42 Å². The van der Waals surface area contributed by atoms with Crippen LogP contribution < -0.4 is 0 Å². The highest BCUT2D eigenvalue weighted by atomic mass is 32.2. The van der Waals surface area contributed by atoms with E-state index in [0.29, 0.717) is 23.9 Å². The highest BCUT2D eigenvalue weighted by molar-refractivity contribution is 7.90. The third-order valence-electron chi connectivity index (χ3n) is 4.11. The third kappa shape index (κ3) is 3.20. The number of nitrogens with zero attached hydrogens (tertiary/aromatic N) is 2. The van der Waals surface area contributed by atoms with Gasteiger partial charge in [0.1, 0.15) is 9.84 Å². The van der Waals surface area contributed by atoms with Crippen LogP contribution in [-0.4, -0.2) is 68.0 Å². The molecular formula is C12H24N2O2S. The molecule has 100 valence electrons. The lowest BCUT2D eigenvalue weighted by atomic mass is 10.1. The predicted molar refractivity (Wildman–Crippen MR) is 69.9 cm³/mol. The van der Waals surface area contributed by atoms with E-state index in [1.54, 1.807) is 0 Å². The second kappa shape index (κ2) is 4.86. The lowest BCUT2D eigenvalue weighted by molar-refractivity contribution is 0.0539. The first-order chi connectivity index (χ1) is 7.87. The summed E-state index contributed by atoms with van der Waals surface area (Å²) in [5, 5.41) is 0.